The maximum Gasteiger partial charge on any atom is -0.00826 e. The van der Waals surface area contributed by atoms with Gasteiger partial charge in [-0.25, -0.2) is 0 Å². The molecule has 176 valence electrons. The summed E-state index contributed by atoms with van der Waals surface area (Å²) in [5.41, 5.74) is 6.64. The van der Waals surface area contributed by atoms with E-state index >= 15 is 0 Å². The van der Waals surface area contributed by atoms with E-state index in [0.29, 0.717) is 10.8 Å². The largest absolute Gasteiger partial charge is 0.0859 e. The highest BCUT2D eigenvalue weighted by Crippen LogP contribution is 2.66. The fourth-order valence-corrected chi connectivity index (χ4v) is 9.40. The molecule has 0 radical (unpaired) electrons. The van der Waals surface area contributed by atoms with E-state index in [1.165, 1.54) is 95.5 Å². The van der Waals surface area contributed by atoms with Crippen molar-refractivity contribution in [3.05, 3.63) is 22.8 Å². The Morgan fingerprint density at radius 3 is 2.61 bits per heavy atom. The summed E-state index contributed by atoms with van der Waals surface area (Å²) in [6, 6.07) is 0. The minimum absolute atomic E-state index is 0.554. The van der Waals surface area contributed by atoms with Crippen LogP contribution in [-0.2, 0) is 0 Å². The van der Waals surface area contributed by atoms with E-state index in [0.717, 1.165) is 29.6 Å². The summed E-state index contributed by atoms with van der Waals surface area (Å²) in [5.74, 6) is 4.77. The summed E-state index contributed by atoms with van der Waals surface area (Å²) in [7, 11) is 0. The van der Waals surface area contributed by atoms with Gasteiger partial charge in [0.25, 0.3) is 0 Å². The molecule has 4 rings (SSSR count). The summed E-state index contributed by atoms with van der Waals surface area (Å²) in [4.78, 5) is 0. The molecular formula is C31H52. The third-order valence-corrected chi connectivity index (χ3v) is 11.0. The van der Waals surface area contributed by atoms with Crippen molar-refractivity contribution in [2.75, 3.05) is 0 Å². The van der Waals surface area contributed by atoms with Crippen molar-refractivity contribution >= 4 is 0 Å². The average molecular weight is 425 g/mol. The first kappa shape index (κ1) is 23.6. The second-order valence-corrected chi connectivity index (χ2v) is 12.9. The SMILES string of the molecule is CCCCC1CCC[C@]2(C)C3=C(CCC12)[C@@H]1CC[C@H]([C@H](C)CCC=C(C)C)[C@@]1(C)CC3. The van der Waals surface area contributed by atoms with E-state index in [1.54, 1.807) is 0 Å². The van der Waals surface area contributed by atoms with Gasteiger partial charge in [-0.15, -0.1) is 0 Å². The van der Waals surface area contributed by atoms with Crippen LogP contribution in [0.4, 0.5) is 0 Å². The number of fused-ring (bicyclic) bond motifs is 4. The Labute approximate surface area is 194 Å². The van der Waals surface area contributed by atoms with Crippen molar-refractivity contribution in [1.82, 2.24) is 0 Å². The highest BCUT2D eigenvalue weighted by Gasteiger charge is 2.56. The van der Waals surface area contributed by atoms with Crippen LogP contribution in [0, 0.1) is 40.4 Å². The van der Waals surface area contributed by atoms with Crippen LogP contribution in [0.2, 0.25) is 0 Å². The highest BCUT2D eigenvalue weighted by molar-refractivity contribution is 5.34. The van der Waals surface area contributed by atoms with Crippen LogP contribution in [0.25, 0.3) is 0 Å². The molecule has 0 amide bonds. The summed E-state index contributed by atoms with van der Waals surface area (Å²) in [6.45, 7) is 14.9. The zero-order chi connectivity index (χ0) is 22.2. The molecule has 0 spiro atoms. The molecule has 0 nitrogen and oxygen atoms in total. The lowest BCUT2D eigenvalue weighted by atomic mass is 9.48. The monoisotopic (exact) mass is 424 g/mol. The zero-order valence-electron chi connectivity index (χ0n) is 21.9. The summed E-state index contributed by atoms with van der Waals surface area (Å²) < 4.78 is 0. The number of hydrogen-bond acceptors (Lipinski definition) is 0. The van der Waals surface area contributed by atoms with Gasteiger partial charge in [0.05, 0.1) is 0 Å². The molecule has 4 aliphatic carbocycles. The van der Waals surface area contributed by atoms with Gasteiger partial charge in [0.1, 0.15) is 0 Å². The van der Waals surface area contributed by atoms with Crippen LogP contribution in [0.1, 0.15) is 131 Å². The standard InChI is InChI=1S/C31H52/c1-7-8-13-24-14-10-20-30(5)27(24)16-15-25-28-18-17-26(23(4)12-9-11-22(2)3)31(28,6)21-19-29(25)30/h11,23-24,26-28H,7-10,12-21H2,1-6H3/t23-,24?,26-,27?,28+,30+,31-/m1/s1. The summed E-state index contributed by atoms with van der Waals surface area (Å²) in [6.07, 6.45) is 22.9. The van der Waals surface area contributed by atoms with Crippen molar-refractivity contribution < 1.29 is 0 Å². The summed E-state index contributed by atoms with van der Waals surface area (Å²) in [5, 5.41) is 0. The normalized spacial score (nSPS) is 40.7. The van der Waals surface area contributed by atoms with Crippen LogP contribution in [0.5, 0.6) is 0 Å². The number of hydrogen-bond donors (Lipinski definition) is 0. The molecule has 0 aromatic carbocycles. The van der Waals surface area contributed by atoms with E-state index in [4.69, 9.17) is 0 Å². The summed E-state index contributed by atoms with van der Waals surface area (Å²) >= 11 is 0. The van der Waals surface area contributed by atoms with Crippen molar-refractivity contribution in [3.8, 4) is 0 Å². The minimum Gasteiger partial charge on any atom is -0.0859 e. The van der Waals surface area contributed by atoms with E-state index in [2.05, 4.69) is 47.6 Å². The Bertz CT molecular complexity index is 691. The molecule has 2 fully saturated rings. The predicted molar refractivity (Wildman–Crippen MR) is 136 cm³/mol. The van der Waals surface area contributed by atoms with Gasteiger partial charge in [0.15, 0.2) is 0 Å². The van der Waals surface area contributed by atoms with Gasteiger partial charge in [-0.1, -0.05) is 82.6 Å². The average Bonchev–Trinajstić information content (AvgIpc) is 3.08. The maximum absolute atomic E-state index is 2.72. The van der Waals surface area contributed by atoms with E-state index in [1.807, 2.05) is 11.1 Å². The van der Waals surface area contributed by atoms with Gasteiger partial charge in [0, 0.05) is 0 Å². The molecule has 0 heterocycles. The number of allylic oxidation sites excluding steroid dienone is 4. The Morgan fingerprint density at radius 2 is 1.87 bits per heavy atom. The molecule has 0 saturated heterocycles. The quantitative estimate of drug-likeness (QED) is 0.357. The molecule has 0 bridgehead atoms. The molecule has 0 aromatic rings. The van der Waals surface area contributed by atoms with Crippen molar-refractivity contribution in [3.63, 3.8) is 0 Å². The van der Waals surface area contributed by atoms with Gasteiger partial charge in [-0.05, 0) is 112 Å². The molecule has 0 N–H and O–H groups in total. The van der Waals surface area contributed by atoms with E-state index in [9.17, 15) is 0 Å². The first-order valence-electron chi connectivity index (χ1n) is 14.2. The van der Waals surface area contributed by atoms with Crippen molar-refractivity contribution in [2.45, 2.75) is 131 Å². The maximum atomic E-state index is 2.72. The first-order chi connectivity index (χ1) is 14.8. The number of rotatable bonds is 7. The molecule has 7 atom stereocenters. The van der Waals surface area contributed by atoms with Gasteiger partial charge in [0.2, 0.25) is 0 Å². The third-order valence-electron chi connectivity index (χ3n) is 11.0. The van der Waals surface area contributed by atoms with Crippen LogP contribution >= 0.6 is 0 Å². The highest BCUT2D eigenvalue weighted by atomic mass is 14.6. The second-order valence-electron chi connectivity index (χ2n) is 12.9. The Kier molecular flexibility index (Phi) is 7.15. The van der Waals surface area contributed by atoms with Crippen molar-refractivity contribution in [1.29, 1.82) is 0 Å². The number of unbranched alkanes of at least 4 members (excludes halogenated alkanes) is 1. The lowest BCUT2D eigenvalue weighted by Crippen LogP contribution is -2.46. The predicted octanol–water partition coefficient (Wildman–Crippen LogP) is 9.90. The Morgan fingerprint density at radius 1 is 1.06 bits per heavy atom. The van der Waals surface area contributed by atoms with Gasteiger partial charge < -0.3 is 0 Å². The lowest BCUT2D eigenvalue weighted by Gasteiger charge is -2.56. The molecule has 0 aromatic heterocycles. The smallest absolute Gasteiger partial charge is 0.00826 e. The second kappa shape index (κ2) is 9.38. The molecular weight excluding hydrogens is 372 g/mol. The van der Waals surface area contributed by atoms with Gasteiger partial charge >= 0.3 is 0 Å². The van der Waals surface area contributed by atoms with Crippen molar-refractivity contribution in [2.24, 2.45) is 40.4 Å². The lowest BCUT2D eigenvalue weighted by molar-refractivity contribution is 0.0350. The molecule has 31 heavy (non-hydrogen) atoms. The topological polar surface area (TPSA) is 0 Å². The fourth-order valence-electron chi connectivity index (χ4n) is 9.40. The molecule has 4 aliphatic rings. The van der Waals surface area contributed by atoms with E-state index in [-0.39, 0.29) is 0 Å². The van der Waals surface area contributed by atoms with Gasteiger partial charge in [-0.2, -0.15) is 0 Å². The molecule has 0 heteroatoms. The van der Waals surface area contributed by atoms with E-state index < -0.39 is 0 Å². The van der Waals surface area contributed by atoms with Crippen LogP contribution in [0.3, 0.4) is 0 Å². The van der Waals surface area contributed by atoms with Gasteiger partial charge in [-0.3, -0.25) is 0 Å². The first-order valence-corrected chi connectivity index (χ1v) is 14.2. The minimum atomic E-state index is 0.554. The van der Waals surface area contributed by atoms with Crippen LogP contribution < -0.4 is 0 Å². The fraction of sp³-hybridized carbons (Fsp3) is 0.871. The molecule has 2 saturated carbocycles. The molecule has 0 aliphatic heterocycles. The van der Waals surface area contributed by atoms with Crippen LogP contribution in [-0.4, -0.2) is 0 Å². The Hall–Kier alpha value is -0.520. The zero-order valence-corrected chi connectivity index (χ0v) is 21.9. The van der Waals surface area contributed by atoms with Crippen LogP contribution in [0.15, 0.2) is 22.8 Å². The molecule has 2 unspecified atom stereocenters. The Balaban J connectivity index is 1.54. The third kappa shape index (κ3) is 4.24.